The SMILES string of the molecule is COc1ccc(N2CC[NH+](Cc3c[nH]c4ccccc34)CC2)cc1. The molecule has 0 saturated carbocycles. The second-order valence-corrected chi connectivity index (χ2v) is 6.47. The Morgan fingerprint density at radius 3 is 2.54 bits per heavy atom. The standard InChI is InChI=1S/C20H23N3O/c1-24-18-8-6-17(7-9-18)23-12-10-22(11-13-23)15-16-14-21-20-5-3-2-4-19(16)20/h2-9,14,21H,10-13,15H2,1H3/p+1. The molecule has 1 fully saturated rings. The summed E-state index contributed by atoms with van der Waals surface area (Å²) in [7, 11) is 1.71. The van der Waals surface area contributed by atoms with Crippen LogP contribution in [0.1, 0.15) is 5.56 Å². The highest BCUT2D eigenvalue weighted by Gasteiger charge is 2.21. The average molecular weight is 322 g/mol. The largest absolute Gasteiger partial charge is 0.497 e. The number of fused-ring (bicyclic) bond motifs is 1. The van der Waals surface area contributed by atoms with Crippen LogP contribution in [0.3, 0.4) is 0 Å². The van der Waals surface area contributed by atoms with E-state index in [0.717, 1.165) is 25.4 Å². The predicted molar refractivity (Wildman–Crippen MR) is 97.9 cm³/mol. The molecule has 0 amide bonds. The molecule has 2 aromatic carbocycles. The van der Waals surface area contributed by atoms with Gasteiger partial charge in [0.05, 0.1) is 33.3 Å². The molecule has 0 bridgehead atoms. The minimum atomic E-state index is 0.919. The quantitative estimate of drug-likeness (QED) is 0.771. The number of aromatic amines is 1. The first-order valence-corrected chi connectivity index (χ1v) is 8.61. The summed E-state index contributed by atoms with van der Waals surface area (Å²) in [6.45, 7) is 5.64. The van der Waals surface area contributed by atoms with E-state index in [4.69, 9.17) is 4.74 Å². The molecular formula is C20H24N3O+. The fourth-order valence-electron chi connectivity index (χ4n) is 3.60. The Balaban J connectivity index is 1.39. The van der Waals surface area contributed by atoms with Crippen molar-refractivity contribution in [2.45, 2.75) is 6.54 Å². The van der Waals surface area contributed by atoms with Gasteiger partial charge in [-0.3, -0.25) is 0 Å². The molecule has 0 radical (unpaired) electrons. The Labute approximate surface area is 142 Å². The van der Waals surface area contributed by atoms with Gasteiger partial charge in [-0.15, -0.1) is 0 Å². The number of nitrogens with zero attached hydrogens (tertiary/aromatic N) is 1. The van der Waals surface area contributed by atoms with Gasteiger partial charge in [0.25, 0.3) is 0 Å². The minimum absolute atomic E-state index is 0.919. The Hall–Kier alpha value is -2.46. The van der Waals surface area contributed by atoms with Gasteiger partial charge in [-0.25, -0.2) is 0 Å². The summed E-state index contributed by atoms with van der Waals surface area (Å²) in [5.74, 6) is 0.919. The van der Waals surface area contributed by atoms with Crippen molar-refractivity contribution < 1.29 is 9.64 Å². The summed E-state index contributed by atoms with van der Waals surface area (Å²) < 4.78 is 5.24. The van der Waals surface area contributed by atoms with E-state index in [-0.39, 0.29) is 0 Å². The summed E-state index contributed by atoms with van der Waals surface area (Å²) in [4.78, 5) is 7.51. The first kappa shape index (κ1) is 15.1. The molecule has 0 unspecified atom stereocenters. The monoisotopic (exact) mass is 322 g/mol. The van der Waals surface area contributed by atoms with E-state index in [9.17, 15) is 0 Å². The van der Waals surface area contributed by atoms with Crippen molar-refractivity contribution in [2.75, 3.05) is 38.2 Å². The number of hydrogen-bond acceptors (Lipinski definition) is 2. The highest BCUT2D eigenvalue weighted by molar-refractivity contribution is 5.82. The molecule has 4 nitrogen and oxygen atoms in total. The molecule has 4 heteroatoms. The van der Waals surface area contributed by atoms with E-state index in [1.165, 1.54) is 35.2 Å². The van der Waals surface area contributed by atoms with Crippen LogP contribution in [-0.4, -0.2) is 38.3 Å². The second kappa shape index (κ2) is 6.57. The molecule has 124 valence electrons. The normalized spacial score (nSPS) is 15.8. The van der Waals surface area contributed by atoms with Crippen molar-refractivity contribution in [3.8, 4) is 5.75 Å². The van der Waals surface area contributed by atoms with Crippen molar-refractivity contribution in [2.24, 2.45) is 0 Å². The molecule has 4 rings (SSSR count). The van der Waals surface area contributed by atoms with Gasteiger partial charge in [0.2, 0.25) is 0 Å². The molecule has 1 saturated heterocycles. The van der Waals surface area contributed by atoms with E-state index < -0.39 is 0 Å². The van der Waals surface area contributed by atoms with E-state index in [1.54, 1.807) is 12.0 Å². The minimum Gasteiger partial charge on any atom is -0.497 e. The highest BCUT2D eigenvalue weighted by Crippen LogP contribution is 2.19. The molecule has 2 heterocycles. The summed E-state index contributed by atoms with van der Waals surface area (Å²) >= 11 is 0. The molecule has 3 aromatic rings. The third kappa shape index (κ3) is 2.97. The van der Waals surface area contributed by atoms with Crippen molar-refractivity contribution in [3.63, 3.8) is 0 Å². The Morgan fingerprint density at radius 1 is 1.04 bits per heavy atom. The van der Waals surface area contributed by atoms with Gasteiger partial charge in [0.15, 0.2) is 0 Å². The van der Waals surface area contributed by atoms with Crippen LogP contribution in [0, 0.1) is 0 Å². The number of anilines is 1. The lowest BCUT2D eigenvalue weighted by molar-refractivity contribution is -0.914. The molecule has 24 heavy (non-hydrogen) atoms. The third-order valence-electron chi connectivity index (χ3n) is 5.02. The van der Waals surface area contributed by atoms with Gasteiger partial charge in [0.1, 0.15) is 12.3 Å². The van der Waals surface area contributed by atoms with Gasteiger partial charge < -0.3 is 19.5 Å². The molecule has 0 spiro atoms. The summed E-state index contributed by atoms with van der Waals surface area (Å²) in [6.07, 6.45) is 2.17. The summed E-state index contributed by atoms with van der Waals surface area (Å²) in [5.41, 5.74) is 3.96. The molecule has 1 aromatic heterocycles. The maximum Gasteiger partial charge on any atom is 0.119 e. The number of piperazine rings is 1. The highest BCUT2D eigenvalue weighted by atomic mass is 16.5. The molecule has 0 aliphatic carbocycles. The van der Waals surface area contributed by atoms with Crippen LogP contribution in [0.25, 0.3) is 10.9 Å². The molecular weight excluding hydrogens is 298 g/mol. The predicted octanol–water partition coefficient (Wildman–Crippen LogP) is 2.08. The van der Waals surface area contributed by atoms with E-state index in [1.807, 2.05) is 12.1 Å². The lowest BCUT2D eigenvalue weighted by atomic mass is 10.1. The summed E-state index contributed by atoms with van der Waals surface area (Å²) in [5, 5.41) is 1.36. The van der Waals surface area contributed by atoms with Gasteiger partial charge in [-0.1, -0.05) is 18.2 Å². The fourth-order valence-corrected chi connectivity index (χ4v) is 3.60. The molecule has 1 aliphatic rings. The zero-order chi connectivity index (χ0) is 16.4. The van der Waals surface area contributed by atoms with Crippen LogP contribution in [0.4, 0.5) is 5.69 Å². The summed E-state index contributed by atoms with van der Waals surface area (Å²) in [6, 6.07) is 17.0. The molecule has 1 aliphatic heterocycles. The van der Waals surface area contributed by atoms with Crippen molar-refractivity contribution >= 4 is 16.6 Å². The van der Waals surface area contributed by atoms with Crippen molar-refractivity contribution in [1.82, 2.24) is 4.98 Å². The number of ether oxygens (including phenoxy) is 1. The number of H-pyrrole nitrogens is 1. The van der Waals surface area contributed by atoms with Crippen LogP contribution in [0.15, 0.2) is 54.7 Å². The first-order valence-electron chi connectivity index (χ1n) is 8.61. The van der Waals surface area contributed by atoms with Gasteiger partial charge in [-0.05, 0) is 30.3 Å². The zero-order valence-corrected chi connectivity index (χ0v) is 14.1. The maximum absolute atomic E-state index is 5.24. The first-order chi connectivity index (χ1) is 11.8. The maximum atomic E-state index is 5.24. The van der Waals surface area contributed by atoms with Gasteiger partial charge >= 0.3 is 0 Å². The lowest BCUT2D eigenvalue weighted by Crippen LogP contribution is -3.13. The van der Waals surface area contributed by atoms with Gasteiger partial charge in [0, 0.05) is 28.4 Å². The number of rotatable bonds is 4. The fraction of sp³-hybridized carbons (Fsp3) is 0.300. The van der Waals surface area contributed by atoms with Crippen LogP contribution < -0.4 is 14.5 Å². The smallest absolute Gasteiger partial charge is 0.119 e. The van der Waals surface area contributed by atoms with Crippen LogP contribution >= 0.6 is 0 Å². The Kier molecular flexibility index (Phi) is 4.13. The number of aromatic nitrogens is 1. The number of quaternary nitrogens is 1. The zero-order valence-electron chi connectivity index (χ0n) is 14.1. The number of para-hydroxylation sites is 1. The third-order valence-corrected chi connectivity index (χ3v) is 5.02. The van der Waals surface area contributed by atoms with E-state index in [2.05, 4.69) is 52.5 Å². The number of benzene rings is 2. The Morgan fingerprint density at radius 2 is 1.79 bits per heavy atom. The van der Waals surface area contributed by atoms with Crippen LogP contribution in [-0.2, 0) is 6.54 Å². The number of methoxy groups -OCH3 is 1. The lowest BCUT2D eigenvalue weighted by Gasteiger charge is -2.33. The van der Waals surface area contributed by atoms with E-state index in [0.29, 0.717) is 0 Å². The molecule has 2 N–H and O–H groups in total. The average Bonchev–Trinajstić information content (AvgIpc) is 3.06. The van der Waals surface area contributed by atoms with Crippen LogP contribution in [0.2, 0.25) is 0 Å². The molecule has 0 atom stereocenters. The number of hydrogen-bond donors (Lipinski definition) is 2. The van der Waals surface area contributed by atoms with Crippen LogP contribution in [0.5, 0.6) is 5.75 Å². The van der Waals surface area contributed by atoms with Crippen molar-refractivity contribution in [1.29, 1.82) is 0 Å². The number of nitrogens with one attached hydrogen (secondary N) is 2. The van der Waals surface area contributed by atoms with Gasteiger partial charge in [-0.2, -0.15) is 0 Å². The van der Waals surface area contributed by atoms with Crippen molar-refractivity contribution in [3.05, 3.63) is 60.3 Å². The van der Waals surface area contributed by atoms with E-state index >= 15 is 0 Å². The Bertz CT molecular complexity index is 801. The second-order valence-electron chi connectivity index (χ2n) is 6.47. The topological polar surface area (TPSA) is 32.7 Å².